The fourth-order valence-electron chi connectivity index (χ4n) is 4.47. The number of fused-ring (bicyclic) bond motifs is 1. The summed E-state index contributed by atoms with van der Waals surface area (Å²) in [5.74, 6) is 1.33. The van der Waals surface area contributed by atoms with Crippen molar-refractivity contribution < 1.29 is 9.59 Å². The van der Waals surface area contributed by atoms with Crippen LogP contribution in [0.2, 0.25) is 0 Å². The molecule has 0 spiro atoms. The Kier molecular flexibility index (Phi) is 4.27. The number of imide groups is 1. The van der Waals surface area contributed by atoms with Gasteiger partial charge in [0.15, 0.2) is 0 Å². The molecule has 2 heterocycles. The lowest BCUT2D eigenvalue weighted by molar-refractivity contribution is -0.131. The molecule has 1 aliphatic heterocycles. The lowest BCUT2D eigenvalue weighted by Crippen LogP contribution is -2.54. The van der Waals surface area contributed by atoms with E-state index in [4.69, 9.17) is 5.26 Å². The average molecular weight is 353 g/mol. The van der Waals surface area contributed by atoms with Crippen LogP contribution in [0.1, 0.15) is 37.7 Å². The van der Waals surface area contributed by atoms with E-state index in [0.29, 0.717) is 42.9 Å². The summed E-state index contributed by atoms with van der Waals surface area (Å²) < 4.78 is 0. The van der Waals surface area contributed by atoms with Crippen LogP contribution in [-0.4, -0.2) is 52.9 Å². The molecule has 0 bridgehead atoms. The summed E-state index contributed by atoms with van der Waals surface area (Å²) in [7, 11) is 0. The molecule has 3 amide bonds. The second kappa shape index (κ2) is 6.60. The number of carbonyl (C=O) groups is 2. The number of aromatic nitrogens is 1. The average Bonchev–Trinajstić information content (AvgIpc) is 3.19. The molecule has 3 fully saturated rings. The van der Waals surface area contributed by atoms with Gasteiger partial charge in [-0.05, 0) is 42.7 Å². The minimum atomic E-state index is -0.150. The molecule has 0 radical (unpaired) electrons. The fourth-order valence-corrected chi connectivity index (χ4v) is 4.47. The number of rotatable bonds is 6. The van der Waals surface area contributed by atoms with Gasteiger partial charge in [-0.3, -0.25) is 9.69 Å². The highest BCUT2D eigenvalue weighted by Gasteiger charge is 2.58. The molecule has 2 saturated carbocycles. The number of nitriles is 1. The Morgan fingerprint density at radius 1 is 1.38 bits per heavy atom. The van der Waals surface area contributed by atoms with E-state index >= 15 is 0 Å². The van der Waals surface area contributed by atoms with Crippen molar-refractivity contribution in [2.45, 2.75) is 32.1 Å². The first-order chi connectivity index (χ1) is 12.6. The molecule has 1 N–H and O–H groups in total. The SMILES string of the molecule is N#Cc1ccc(NCCN2C(=O)CCN(C[C@@]34CCC[C@@H]3C4)C2=O)nc1. The van der Waals surface area contributed by atoms with Crippen LogP contribution < -0.4 is 5.32 Å². The Morgan fingerprint density at radius 2 is 2.27 bits per heavy atom. The van der Waals surface area contributed by atoms with Crippen LogP contribution in [0.4, 0.5) is 10.6 Å². The smallest absolute Gasteiger partial charge is 0.326 e. The number of amides is 3. The lowest BCUT2D eigenvalue weighted by atomic mass is 10.0. The molecule has 1 aromatic rings. The number of carbonyl (C=O) groups excluding carboxylic acids is 2. The Hall–Kier alpha value is -2.62. The second-order valence-corrected chi connectivity index (χ2v) is 7.63. The van der Waals surface area contributed by atoms with Gasteiger partial charge in [0.2, 0.25) is 5.91 Å². The van der Waals surface area contributed by atoms with Gasteiger partial charge in [-0.1, -0.05) is 6.42 Å². The van der Waals surface area contributed by atoms with E-state index in [1.165, 1.54) is 36.8 Å². The van der Waals surface area contributed by atoms with Crippen molar-refractivity contribution in [3.8, 4) is 6.07 Å². The van der Waals surface area contributed by atoms with Gasteiger partial charge < -0.3 is 10.2 Å². The highest BCUT2D eigenvalue weighted by atomic mass is 16.2. The van der Waals surface area contributed by atoms with E-state index in [0.717, 1.165) is 12.5 Å². The highest BCUT2D eigenvalue weighted by molar-refractivity contribution is 5.96. The van der Waals surface area contributed by atoms with Gasteiger partial charge in [0.05, 0.1) is 5.56 Å². The molecule has 4 rings (SSSR count). The van der Waals surface area contributed by atoms with Crippen LogP contribution in [0.5, 0.6) is 0 Å². The van der Waals surface area contributed by atoms with Gasteiger partial charge in [-0.25, -0.2) is 9.78 Å². The van der Waals surface area contributed by atoms with Crippen molar-refractivity contribution in [3.63, 3.8) is 0 Å². The topological polar surface area (TPSA) is 89.3 Å². The molecule has 1 saturated heterocycles. The maximum atomic E-state index is 12.8. The minimum Gasteiger partial charge on any atom is -0.368 e. The van der Waals surface area contributed by atoms with Crippen molar-refractivity contribution >= 4 is 17.8 Å². The molecule has 0 unspecified atom stereocenters. The van der Waals surface area contributed by atoms with Gasteiger partial charge >= 0.3 is 6.03 Å². The van der Waals surface area contributed by atoms with E-state index in [1.54, 1.807) is 12.1 Å². The summed E-state index contributed by atoms with van der Waals surface area (Å²) in [5, 5.41) is 11.9. The Morgan fingerprint density at radius 3 is 2.92 bits per heavy atom. The molecule has 0 aromatic carbocycles. The molecule has 2 aliphatic carbocycles. The first-order valence-corrected chi connectivity index (χ1v) is 9.31. The number of urea groups is 1. The molecule has 26 heavy (non-hydrogen) atoms. The number of nitrogens with zero attached hydrogens (tertiary/aromatic N) is 4. The second-order valence-electron chi connectivity index (χ2n) is 7.63. The lowest BCUT2D eigenvalue weighted by Gasteiger charge is -2.36. The maximum Gasteiger partial charge on any atom is 0.326 e. The van der Waals surface area contributed by atoms with Crippen LogP contribution in [0.15, 0.2) is 18.3 Å². The summed E-state index contributed by atoms with van der Waals surface area (Å²) in [6.07, 6.45) is 6.94. The van der Waals surface area contributed by atoms with Gasteiger partial charge in [0.1, 0.15) is 11.9 Å². The van der Waals surface area contributed by atoms with E-state index < -0.39 is 0 Å². The molecule has 136 valence electrons. The highest BCUT2D eigenvalue weighted by Crippen LogP contribution is 2.63. The van der Waals surface area contributed by atoms with Crippen LogP contribution in [0.3, 0.4) is 0 Å². The number of hydrogen-bond donors (Lipinski definition) is 1. The molecule has 7 nitrogen and oxygen atoms in total. The number of anilines is 1. The van der Waals surface area contributed by atoms with E-state index in [2.05, 4.69) is 10.3 Å². The largest absolute Gasteiger partial charge is 0.368 e. The first kappa shape index (κ1) is 16.8. The van der Waals surface area contributed by atoms with Gasteiger partial charge in [-0.15, -0.1) is 0 Å². The summed E-state index contributed by atoms with van der Waals surface area (Å²) in [5.41, 5.74) is 0.851. The standard InChI is InChI=1S/C19H23N5O2/c20-11-14-3-4-16(22-12-14)21-7-9-24-17(25)5-8-23(18(24)26)13-19-6-1-2-15(19)10-19/h3-4,12,15H,1-2,5-10,13H2,(H,21,22)/t15-,19+/m1/s1. The zero-order chi connectivity index (χ0) is 18.1. The quantitative estimate of drug-likeness (QED) is 0.847. The summed E-state index contributed by atoms with van der Waals surface area (Å²) in [6, 6.07) is 5.27. The summed E-state index contributed by atoms with van der Waals surface area (Å²) in [4.78, 5) is 32.3. The molecular weight excluding hydrogens is 330 g/mol. The van der Waals surface area contributed by atoms with Crippen molar-refractivity contribution in [2.75, 3.05) is 31.5 Å². The summed E-state index contributed by atoms with van der Waals surface area (Å²) in [6.45, 7) is 2.13. The Labute approximate surface area is 153 Å². The van der Waals surface area contributed by atoms with Gasteiger partial charge in [0, 0.05) is 38.8 Å². The third-order valence-electron chi connectivity index (χ3n) is 6.02. The predicted octanol–water partition coefficient (Wildman–Crippen LogP) is 2.21. The fraction of sp³-hybridized carbons (Fsp3) is 0.579. The zero-order valence-electron chi connectivity index (χ0n) is 14.8. The van der Waals surface area contributed by atoms with Gasteiger partial charge in [0.25, 0.3) is 0 Å². The van der Waals surface area contributed by atoms with Crippen LogP contribution in [0.25, 0.3) is 0 Å². The van der Waals surface area contributed by atoms with Crippen molar-refractivity contribution in [3.05, 3.63) is 23.9 Å². The van der Waals surface area contributed by atoms with Crippen LogP contribution >= 0.6 is 0 Å². The third kappa shape index (κ3) is 3.12. The van der Waals surface area contributed by atoms with E-state index in [9.17, 15) is 9.59 Å². The third-order valence-corrected chi connectivity index (χ3v) is 6.02. The molecular formula is C19H23N5O2. The van der Waals surface area contributed by atoms with Crippen molar-refractivity contribution in [1.29, 1.82) is 5.26 Å². The minimum absolute atomic E-state index is 0.0999. The number of pyridine rings is 1. The van der Waals surface area contributed by atoms with Crippen LogP contribution in [0, 0.1) is 22.7 Å². The van der Waals surface area contributed by atoms with Crippen LogP contribution in [-0.2, 0) is 4.79 Å². The molecule has 1 aromatic heterocycles. The number of hydrogen-bond acceptors (Lipinski definition) is 5. The molecule has 7 heteroatoms. The first-order valence-electron chi connectivity index (χ1n) is 9.31. The summed E-state index contributed by atoms with van der Waals surface area (Å²) >= 11 is 0. The molecule has 2 atom stereocenters. The van der Waals surface area contributed by atoms with E-state index in [-0.39, 0.29) is 11.9 Å². The Balaban J connectivity index is 1.32. The molecule has 3 aliphatic rings. The monoisotopic (exact) mass is 353 g/mol. The van der Waals surface area contributed by atoms with Crippen molar-refractivity contribution in [1.82, 2.24) is 14.8 Å². The van der Waals surface area contributed by atoms with Crippen molar-refractivity contribution in [2.24, 2.45) is 11.3 Å². The predicted molar refractivity (Wildman–Crippen MR) is 95.1 cm³/mol. The zero-order valence-corrected chi connectivity index (χ0v) is 14.8. The number of nitrogens with one attached hydrogen (secondary N) is 1. The van der Waals surface area contributed by atoms with Gasteiger partial charge in [-0.2, -0.15) is 5.26 Å². The normalized spacial score (nSPS) is 27.3. The van der Waals surface area contributed by atoms with E-state index in [1.807, 2.05) is 11.0 Å². The Bertz CT molecular complexity index is 756. The maximum absolute atomic E-state index is 12.8.